The van der Waals surface area contributed by atoms with E-state index in [0.717, 1.165) is 21.6 Å². The Morgan fingerprint density at radius 3 is 2.35 bits per heavy atom. The number of benzene rings is 1. The molecule has 3 rings (SSSR count). The zero-order valence-corrected chi connectivity index (χ0v) is 12.5. The summed E-state index contributed by atoms with van der Waals surface area (Å²) in [7, 11) is 0. The van der Waals surface area contributed by atoms with E-state index in [-0.39, 0.29) is 0 Å². The Morgan fingerprint density at radius 2 is 1.70 bits per heavy atom. The van der Waals surface area contributed by atoms with Crippen LogP contribution in [0.25, 0.3) is 11.3 Å². The van der Waals surface area contributed by atoms with Crippen molar-refractivity contribution in [1.29, 1.82) is 0 Å². The van der Waals surface area contributed by atoms with Gasteiger partial charge in [0.1, 0.15) is 11.5 Å². The molecule has 106 valence electrons. The van der Waals surface area contributed by atoms with Gasteiger partial charge in [-0.05, 0) is 24.3 Å². The molecular formula is C15H16BrNO3. The number of β-amino-alcohol motifs (C(OH)–C–C–N with tert-alkyl or cyclic N) is 2. The topological polar surface area (TPSA) is 56.8 Å². The SMILES string of the molecule is O[C@@H]1CN(Cc2ccc(-c3ccc(Br)cc3)o2)C[C@@H]1O. The highest BCUT2D eigenvalue weighted by molar-refractivity contribution is 9.10. The molecule has 2 aromatic rings. The third-order valence-corrected chi connectivity index (χ3v) is 4.03. The van der Waals surface area contributed by atoms with Crippen LogP contribution < -0.4 is 0 Å². The number of aliphatic hydroxyl groups is 2. The van der Waals surface area contributed by atoms with Crippen LogP contribution in [0.2, 0.25) is 0 Å². The minimum atomic E-state index is -0.657. The standard InChI is InChI=1S/C15H16BrNO3/c16-11-3-1-10(2-4-11)15-6-5-12(20-15)7-17-8-13(18)14(19)9-17/h1-6,13-14,18-19H,7-9H2/t13-,14+. The smallest absolute Gasteiger partial charge is 0.134 e. The molecule has 2 heterocycles. The Labute approximate surface area is 125 Å². The fourth-order valence-corrected chi connectivity index (χ4v) is 2.69. The first-order valence-corrected chi connectivity index (χ1v) is 7.34. The van der Waals surface area contributed by atoms with Crippen LogP contribution in [0.15, 0.2) is 45.3 Å². The van der Waals surface area contributed by atoms with Crippen molar-refractivity contribution in [3.63, 3.8) is 0 Å². The highest BCUT2D eigenvalue weighted by Gasteiger charge is 2.29. The normalized spacial score (nSPS) is 23.4. The van der Waals surface area contributed by atoms with Crippen LogP contribution in [0.1, 0.15) is 5.76 Å². The fourth-order valence-electron chi connectivity index (χ4n) is 2.43. The average molecular weight is 338 g/mol. The molecule has 1 saturated heterocycles. The third-order valence-electron chi connectivity index (χ3n) is 3.50. The van der Waals surface area contributed by atoms with Crippen LogP contribution in [0.3, 0.4) is 0 Å². The van der Waals surface area contributed by atoms with Crippen molar-refractivity contribution in [2.75, 3.05) is 13.1 Å². The summed E-state index contributed by atoms with van der Waals surface area (Å²) in [5, 5.41) is 19.1. The molecule has 0 unspecified atom stereocenters. The molecule has 2 N–H and O–H groups in total. The third kappa shape index (κ3) is 2.96. The number of hydrogen-bond donors (Lipinski definition) is 2. The number of hydrogen-bond acceptors (Lipinski definition) is 4. The van der Waals surface area contributed by atoms with Gasteiger partial charge < -0.3 is 14.6 Å². The van der Waals surface area contributed by atoms with Crippen LogP contribution in [-0.2, 0) is 6.54 Å². The highest BCUT2D eigenvalue weighted by Crippen LogP contribution is 2.25. The van der Waals surface area contributed by atoms with E-state index in [0.29, 0.717) is 19.6 Å². The molecule has 5 heteroatoms. The van der Waals surface area contributed by atoms with Gasteiger partial charge in [0.15, 0.2) is 0 Å². The number of nitrogens with zero attached hydrogens (tertiary/aromatic N) is 1. The Balaban J connectivity index is 1.69. The minimum Gasteiger partial charge on any atom is -0.460 e. The van der Waals surface area contributed by atoms with E-state index in [4.69, 9.17) is 4.42 Å². The first kappa shape index (κ1) is 13.8. The number of rotatable bonds is 3. The highest BCUT2D eigenvalue weighted by atomic mass is 79.9. The summed E-state index contributed by atoms with van der Waals surface area (Å²) in [5.41, 5.74) is 1.03. The molecule has 1 aliphatic heterocycles. The van der Waals surface area contributed by atoms with Gasteiger partial charge in [-0.15, -0.1) is 0 Å². The summed E-state index contributed by atoms with van der Waals surface area (Å²) in [4.78, 5) is 1.99. The van der Waals surface area contributed by atoms with Crippen molar-refractivity contribution in [3.05, 3.63) is 46.6 Å². The van der Waals surface area contributed by atoms with Gasteiger partial charge in [0.2, 0.25) is 0 Å². The van der Waals surface area contributed by atoms with Gasteiger partial charge in [-0.1, -0.05) is 28.1 Å². The lowest BCUT2D eigenvalue weighted by atomic mass is 10.2. The van der Waals surface area contributed by atoms with E-state index in [1.165, 1.54) is 0 Å². The molecule has 0 radical (unpaired) electrons. The lowest BCUT2D eigenvalue weighted by Gasteiger charge is -2.12. The molecule has 0 spiro atoms. The molecule has 0 aliphatic carbocycles. The number of likely N-dealkylation sites (tertiary alicyclic amines) is 1. The van der Waals surface area contributed by atoms with E-state index in [1.54, 1.807) is 0 Å². The van der Waals surface area contributed by atoms with E-state index >= 15 is 0 Å². The Hall–Kier alpha value is -1.14. The zero-order chi connectivity index (χ0) is 14.1. The van der Waals surface area contributed by atoms with Crippen LogP contribution in [0, 0.1) is 0 Å². The van der Waals surface area contributed by atoms with Crippen molar-refractivity contribution in [2.45, 2.75) is 18.8 Å². The maximum Gasteiger partial charge on any atom is 0.134 e. The molecule has 1 aliphatic rings. The maximum absolute atomic E-state index is 9.53. The predicted octanol–water partition coefficient (Wildman–Crippen LogP) is 2.25. The van der Waals surface area contributed by atoms with Crippen molar-refractivity contribution in [2.24, 2.45) is 0 Å². The van der Waals surface area contributed by atoms with Gasteiger partial charge in [-0.2, -0.15) is 0 Å². The summed E-state index contributed by atoms with van der Waals surface area (Å²) < 4.78 is 6.86. The molecule has 1 aromatic carbocycles. The van der Waals surface area contributed by atoms with Gasteiger partial charge in [-0.25, -0.2) is 0 Å². The molecule has 0 bridgehead atoms. The van der Waals surface area contributed by atoms with E-state index in [1.807, 2.05) is 41.3 Å². The van der Waals surface area contributed by atoms with Crippen molar-refractivity contribution >= 4 is 15.9 Å². The lowest BCUT2D eigenvalue weighted by Crippen LogP contribution is -2.22. The van der Waals surface area contributed by atoms with Gasteiger partial charge in [0.25, 0.3) is 0 Å². The van der Waals surface area contributed by atoms with Crippen LogP contribution in [-0.4, -0.2) is 40.4 Å². The molecular weight excluding hydrogens is 322 g/mol. The molecule has 20 heavy (non-hydrogen) atoms. The summed E-state index contributed by atoms with van der Waals surface area (Å²) in [6.07, 6.45) is -1.31. The number of furan rings is 1. The maximum atomic E-state index is 9.53. The summed E-state index contributed by atoms with van der Waals surface area (Å²) in [6.45, 7) is 1.57. The Kier molecular flexibility index (Phi) is 3.94. The largest absolute Gasteiger partial charge is 0.460 e. The Morgan fingerprint density at radius 1 is 1.05 bits per heavy atom. The minimum absolute atomic E-state index is 0.482. The van der Waals surface area contributed by atoms with E-state index < -0.39 is 12.2 Å². The molecule has 2 atom stereocenters. The Bertz CT molecular complexity index is 571. The lowest BCUT2D eigenvalue weighted by molar-refractivity contribution is 0.0572. The fraction of sp³-hybridized carbons (Fsp3) is 0.333. The quantitative estimate of drug-likeness (QED) is 0.901. The molecule has 1 fully saturated rings. The van der Waals surface area contributed by atoms with Gasteiger partial charge >= 0.3 is 0 Å². The van der Waals surface area contributed by atoms with Gasteiger partial charge in [0.05, 0.1) is 18.8 Å². The van der Waals surface area contributed by atoms with Crippen molar-refractivity contribution in [3.8, 4) is 11.3 Å². The monoisotopic (exact) mass is 337 g/mol. The molecule has 1 aromatic heterocycles. The van der Waals surface area contributed by atoms with E-state index in [9.17, 15) is 10.2 Å². The second-order valence-electron chi connectivity index (χ2n) is 5.10. The molecule has 0 amide bonds. The zero-order valence-electron chi connectivity index (χ0n) is 10.9. The first-order valence-electron chi connectivity index (χ1n) is 6.55. The average Bonchev–Trinajstić information content (AvgIpc) is 2.99. The summed E-state index contributed by atoms with van der Waals surface area (Å²) in [5.74, 6) is 1.66. The first-order chi connectivity index (χ1) is 9.61. The number of halogens is 1. The van der Waals surface area contributed by atoms with Crippen LogP contribution in [0.5, 0.6) is 0 Å². The second kappa shape index (κ2) is 5.69. The van der Waals surface area contributed by atoms with Crippen LogP contribution in [0.4, 0.5) is 0 Å². The predicted molar refractivity (Wildman–Crippen MR) is 79.1 cm³/mol. The van der Waals surface area contributed by atoms with Gasteiger partial charge in [0, 0.05) is 23.1 Å². The van der Waals surface area contributed by atoms with E-state index in [2.05, 4.69) is 15.9 Å². The van der Waals surface area contributed by atoms with Crippen molar-refractivity contribution < 1.29 is 14.6 Å². The summed E-state index contributed by atoms with van der Waals surface area (Å²) >= 11 is 3.41. The molecule has 4 nitrogen and oxygen atoms in total. The van der Waals surface area contributed by atoms with Gasteiger partial charge in [-0.3, -0.25) is 4.90 Å². The van der Waals surface area contributed by atoms with Crippen LogP contribution >= 0.6 is 15.9 Å². The number of aliphatic hydroxyl groups excluding tert-OH is 2. The summed E-state index contributed by atoms with van der Waals surface area (Å²) in [6, 6.07) is 11.8. The second-order valence-corrected chi connectivity index (χ2v) is 6.02. The van der Waals surface area contributed by atoms with Crippen molar-refractivity contribution in [1.82, 2.24) is 4.90 Å². The molecule has 0 saturated carbocycles.